The number of likely N-dealkylation sites (tertiary alicyclic amines) is 1. The van der Waals surface area contributed by atoms with Crippen molar-refractivity contribution in [3.63, 3.8) is 0 Å². The van der Waals surface area contributed by atoms with Gasteiger partial charge < -0.3 is 26.0 Å². The van der Waals surface area contributed by atoms with E-state index in [0.717, 1.165) is 38.2 Å². The molecule has 1 atom stereocenters. The summed E-state index contributed by atoms with van der Waals surface area (Å²) in [7, 11) is 3.35. The normalized spacial score (nSPS) is 19.0. The van der Waals surface area contributed by atoms with Gasteiger partial charge in [-0.1, -0.05) is 13.3 Å². The van der Waals surface area contributed by atoms with Crippen molar-refractivity contribution in [2.24, 2.45) is 0 Å². The lowest BCUT2D eigenvalue weighted by Gasteiger charge is -2.24. The molecule has 23 heavy (non-hydrogen) atoms. The zero-order valence-corrected chi connectivity index (χ0v) is 14.3. The van der Waals surface area contributed by atoms with E-state index in [1.54, 1.807) is 26.3 Å². The van der Waals surface area contributed by atoms with Gasteiger partial charge in [0.15, 0.2) is 0 Å². The molecule has 1 heterocycles. The van der Waals surface area contributed by atoms with Crippen molar-refractivity contribution in [3.8, 4) is 5.75 Å². The molecule has 1 saturated heterocycles. The largest absolute Gasteiger partial charge is 0.496 e. The summed E-state index contributed by atoms with van der Waals surface area (Å²) >= 11 is 0. The molecule has 1 fully saturated rings. The smallest absolute Gasteiger partial charge is 0.255 e. The third-order valence-corrected chi connectivity index (χ3v) is 4.42. The van der Waals surface area contributed by atoms with Gasteiger partial charge >= 0.3 is 0 Å². The molecular formula is C17H28N4O2. The van der Waals surface area contributed by atoms with Gasteiger partial charge in [0.2, 0.25) is 0 Å². The summed E-state index contributed by atoms with van der Waals surface area (Å²) in [5.74, 6) is 0.404. The van der Waals surface area contributed by atoms with E-state index in [-0.39, 0.29) is 11.9 Å². The fourth-order valence-electron chi connectivity index (χ4n) is 3.05. The Morgan fingerprint density at radius 1 is 1.43 bits per heavy atom. The number of rotatable bonds is 5. The van der Waals surface area contributed by atoms with Crippen LogP contribution in [0.5, 0.6) is 5.75 Å². The predicted molar refractivity (Wildman–Crippen MR) is 94.2 cm³/mol. The lowest BCUT2D eigenvalue weighted by Crippen LogP contribution is -2.42. The molecule has 1 aliphatic heterocycles. The van der Waals surface area contributed by atoms with Crippen LogP contribution >= 0.6 is 0 Å². The molecule has 1 aromatic carbocycles. The van der Waals surface area contributed by atoms with E-state index in [2.05, 4.69) is 22.5 Å². The number of ether oxygens (including phenoxy) is 1. The number of hydrogen-bond donors (Lipinski definition) is 3. The van der Waals surface area contributed by atoms with Gasteiger partial charge in [0.05, 0.1) is 24.0 Å². The number of hydrogen-bond acceptors (Lipinski definition) is 5. The first-order valence-corrected chi connectivity index (χ1v) is 8.27. The van der Waals surface area contributed by atoms with Gasteiger partial charge in [-0.05, 0) is 32.0 Å². The van der Waals surface area contributed by atoms with Crippen LogP contribution in [0.25, 0.3) is 0 Å². The second-order valence-electron chi connectivity index (χ2n) is 5.95. The summed E-state index contributed by atoms with van der Waals surface area (Å²) < 4.78 is 5.35. The first-order valence-electron chi connectivity index (χ1n) is 8.27. The lowest BCUT2D eigenvalue weighted by molar-refractivity contribution is 0.0924. The van der Waals surface area contributed by atoms with Crippen LogP contribution in [-0.4, -0.2) is 50.6 Å². The third kappa shape index (κ3) is 4.28. The van der Waals surface area contributed by atoms with Gasteiger partial charge in [-0.25, -0.2) is 0 Å². The monoisotopic (exact) mass is 320 g/mol. The van der Waals surface area contributed by atoms with Crippen molar-refractivity contribution in [2.45, 2.75) is 32.2 Å². The highest BCUT2D eigenvalue weighted by Crippen LogP contribution is 2.29. The van der Waals surface area contributed by atoms with Crippen molar-refractivity contribution >= 4 is 17.3 Å². The number of benzene rings is 1. The van der Waals surface area contributed by atoms with Gasteiger partial charge in [-0.3, -0.25) is 4.79 Å². The molecule has 1 aliphatic rings. The van der Waals surface area contributed by atoms with Crippen LogP contribution in [0, 0.1) is 0 Å². The van der Waals surface area contributed by atoms with Gasteiger partial charge in [0.1, 0.15) is 5.75 Å². The molecule has 0 saturated carbocycles. The van der Waals surface area contributed by atoms with Crippen LogP contribution in [-0.2, 0) is 0 Å². The van der Waals surface area contributed by atoms with Crippen molar-refractivity contribution in [1.82, 2.24) is 10.2 Å². The molecule has 0 bridgehead atoms. The number of carbonyl (C=O) groups excluding carboxylic acids is 1. The van der Waals surface area contributed by atoms with E-state index in [4.69, 9.17) is 10.5 Å². The fourth-order valence-corrected chi connectivity index (χ4v) is 3.05. The average molecular weight is 320 g/mol. The van der Waals surface area contributed by atoms with Crippen molar-refractivity contribution in [2.75, 3.05) is 44.8 Å². The first kappa shape index (κ1) is 17.4. The number of methoxy groups -OCH3 is 1. The van der Waals surface area contributed by atoms with Crippen LogP contribution in [0.2, 0.25) is 0 Å². The standard InChI is InChI=1S/C17H28N4O2/c1-4-21-8-6-5-7-12(11-21)20-17(22)13-9-14(18)15(19-2)10-16(13)23-3/h9-10,12,19H,4-8,11,18H2,1-3H3,(H,20,22)/t12-/m1/s1. The van der Waals surface area contributed by atoms with E-state index in [9.17, 15) is 4.79 Å². The second kappa shape index (κ2) is 8.06. The maximum Gasteiger partial charge on any atom is 0.255 e. The molecule has 0 aromatic heterocycles. The van der Waals surface area contributed by atoms with Crippen LogP contribution in [0.4, 0.5) is 11.4 Å². The Labute approximate surface area is 138 Å². The van der Waals surface area contributed by atoms with Gasteiger partial charge in [-0.2, -0.15) is 0 Å². The molecule has 1 aromatic rings. The van der Waals surface area contributed by atoms with Crippen molar-refractivity contribution in [3.05, 3.63) is 17.7 Å². The lowest BCUT2D eigenvalue weighted by atomic mass is 10.1. The number of likely N-dealkylation sites (N-methyl/N-ethyl adjacent to an activating group) is 1. The number of nitrogens with two attached hydrogens (primary N) is 1. The highest BCUT2D eigenvalue weighted by molar-refractivity contribution is 5.99. The topological polar surface area (TPSA) is 79.6 Å². The highest BCUT2D eigenvalue weighted by atomic mass is 16.5. The number of carbonyl (C=O) groups is 1. The quantitative estimate of drug-likeness (QED) is 0.722. The predicted octanol–water partition coefficient (Wildman–Crippen LogP) is 1.92. The van der Waals surface area contributed by atoms with Crippen LogP contribution < -0.4 is 21.1 Å². The highest BCUT2D eigenvalue weighted by Gasteiger charge is 2.22. The Hall–Kier alpha value is -1.95. The summed E-state index contributed by atoms with van der Waals surface area (Å²) in [4.78, 5) is 15.0. The maximum atomic E-state index is 12.7. The Balaban J connectivity index is 2.15. The molecule has 0 aliphatic carbocycles. The van der Waals surface area contributed by atoms with Gasteiger partial charge in [0.25, 0.3) is 5.91 Å². The maximum absolute atomic E-state index is 12.7. The molecule has 2 rings (SSSR count). The Bertz CT molecular complexity index is 548. The van der Waals surface area contributed by atoms with Crippen molar-refractivity contribution < 1.29 is 9.53 Å². The molecule has 4 N–H and O–H groups in total. The minimum Gasteiger partial charge on any atom is -0.496 e. The number of nitrogen functional groups attached to an aromatic ring is 1. The molecule has 128 valence electrons. The van der Waals surface area contributed by atoms with Gasteiger partial charge in [0, 0.05) is 25.7 Å². The second-order valence-corrected chi connectivity index (χ2v) is 5.95. The van der Waals surface area contributed by atoms with E-state index in [1.165, 1.54) is 6.42 Å². The minimum atomic E-state index is -0.126. The third-order valence-electron chi connectivity index (χ3n) is 4.42. The molecule has 0 radical (unpaired) electrons. The fraction of sp³-hybridized carbons (Fsp3) is 0.588. The molecule has 1 amide bonds. The number of nitrogens with one attached hydrogen (secondary N) is 2. The molecule has 0 spiro atoms. The van der Waals surface area contributed by atoms with Gasteiger partial charge in [-0.15, -0.1) is 0 Å². The Morgan fingerprint density at radius 3 is 2.87 bits per heavy atom. The van der Waals surface area contributed by atoms with Crippen LogP contribution in [0.15, 0.2) is 12.1 Å². The summed E-state index contributed by atoms with van der Waals surface area (Å²) in [6.07, 6.45) is 3.33. The van der Waals surface area contributed by atoms with Crippen molar-refractivity contribution in [1.29, 1.82) is 0 Å². The summed E-state index contributed by atoms with van der Waals surface area (Å²) in [6.45, 7) is 5.18. The zero-order chi connectivity index (χ0) is 16.8. The number of anilines is 2. The summed E-state index contributed by atoms with van der Waals surface area (Å²) in [5.41, 5.74) is 7.76. The minimum absolute atomic E-state index is 0.126. The zero-order valence-electron chi connectivity index (χ0n) is 14.3. The van der Waals surface area contributed by atoms with E-state index < -0.39 is 0 Å². The van der Waals surface area contributed by atoms with E-state index in [0.29, 0.717) is 17.0 Å². The average Bonchev–Trinajstić information content (AvgIpc) is 2.79. The van der Waals surface area contributed by atoms with E-state index >= 15 is 0 Å². The molecule has 6 heteroatoms. The molecular weight excluding hydrogens is 292 g/mol. The molecule has 0 unspecified atom stereocenters. The summed E-state index contributed by atoms with van der Waals surface area (Å²) in [5, 5.41) is 6.14. The number of nitrogens with zero attached hydrogens (tertiary/aromatic N) is 1. The van der Waals surface area contributed by atoms with E-state index in [1.807, 2.05) is 0 Å². The Kier molecular flexibility index (Phi) is 6.10. The first-order chi connectivity index (χ1) is 11.1. The Morgan fingerprint density at radius 2 is 2.22 bits per heavy atom. The molecule has 6 nitrogen and oxygen atoms in total. The number of amides is 1. The van der Waals surface area contributed by atoms with Crippen LogP contribution in [0.1, 0.15) is 36.5 Å². The van der Waals surface area contributed by atoms with Crippen LogP contribution in [0.3, 0.4) is 0 Å². The summed E-state index contributed by atoms with van der Waals surface area (Å²) in [6, 6.07) is 3.60. The SMILES string of the molecule is CCN1CCCC[C@@H](NC(=O)c2cc(N)c(NC)cc2OC)C1.